The number of hydrogen-bond donors (Lipinski definition) is 0. The number of aromatic nitrogens is 1. The van der Waals surface area contributed by atoms with E-state index in [1.165, 1.54) is 0 Å². The van der Waals surface area contributed by atoms with Crippen molar-refractivity contribution in [2.45, 2.75) is 0 Å². The first-order chi connectivity index (χ1) is 5.77. The highest BCUT2D eigenvalue weighted by molar-refractivity contribution is 6.38. The molecule has 0 N–H and O–H groups in total. The molecule has 1 aromatic carbocycles. The van der Waals surface area contributed by atoms with Gasteiger partial charge in [-0.2, -0.15) is 0 Å². The van der Waals surface area contributed by atoms with Crippen LogP contribution in [-0.4, -0.2) is 4.98 Å². The number of rotatable bonds is 0. The van der Waals surface area contributed by atoms with Crippen LogP contribution in [-0.2, 0) is 0 Å². The maximum atomic E-state index is 5.95. The molecular weight excluding hydrogens is 228 g/mol. The van der Waals surface area contributed by atoms with E-state index in [-0.39, 0.29) is 12.4 Å². The standard InChI is InChI=1S/C9H5Cl2N.ClH/c10-7-3-6-5-12-2-1-8(6)9(11)4-7;/h1-5H;1H. The van der Waals surface area contributed by atoms with Crippen LogP contribution in [0.15, 0.2) is 30.6 Å². The molecule has 2 rings (SSSR count). The van der Waals surface area contributed by atoms with Gasteiger partial charge in [0.1, 0.15) is 0 Å². The average molecular weight is 235 g/mol. The van der Waals surface area contributed by atoms with E-state index in [9.17, 15) is 0 Å². The van der Waals surface area contributed by atoms with E-state index in [0.717, 1.165) is 10.8 Å². The van der Waals surface area contributed by atoms with Crippen LogP contribution in [0.25, 0.3) is 10.8 Å². The molecule has 1 nitrogen and oxygen atoms in total. The van der Waals surface area contributed by atoms with Gasteiger partial charge in [-0.15, -0.1) is 12.4 Å². The fraction of sp³-hybridized carbons (Fsp3) is 0. The highest BCUT2D eigenvalue weighted by atomic mass is 35.5. The van der Waals surface area contributed by atoms with Crippen LogP contribution < -0.4 is 0 Å². The lowest BCUT2D eigenvalue weighted by molar-refractivity contribution is 1.36. The molecule has 0 fully saturated rings. The molecule has 0 radical (unpaired) electrons. The lowest BCUT2D eigenvalue weighted by Crippen LogP contribution is -1.76. The maximum absolute atomic E-state index is 5.95. The van der Waals surface area contributed by atoms with Gasteiger partial charge in [0.15, 0.2) is 0 Å². The number of hydrogen-bond acceptors (Lipinski definition) is 1. The van der Waals surface area contributed by atoms with Crippen molar-refractivity contribution in [2.75, 3.05) is 0 Å². The van der Waals surface area contributed by atoms with E-state index in [4.69, 9.17) is 23.2 Å². The van der Waals surface area contributed by atoms with E-state index in [0.29, 0.717) is 10.0 Å². The van der Waals surface area contributed by atoms with Gasteiger partial charge in [-0.25, -0.2) is 0 Å². The Morgan fingerprint density at radius 2 is 1.92 bits per heavy atom. The third-order valence-corrected chi connectivity index (χ3v) is 2.20. The minimum absolute atomic E-state index is 0. The van der Waals surface area contributed by atoms with Crippen molar-refractivity contribution in [3.05, 3.63) is 40.6 Å². The third-order valence-electron chi connectivity index (χ3n) is 1.67. The summed E-state index contributed by atoms with van der Waals surface area (Å²) in [6.07, 6.45) is 3.45. The van der Waals surface area contributed by atoms with Gasteiger partial charge in [-0.3, -0.25) is 4.98 Å². The summed E-state index contributed by atoms with van der Waals surface area (Å²) in [5.41, 5.74) is 0. The monoisotopic (exact) mass is 233 g/mol. The molecule has 0 aliphatic rings. The summed E-state index contributed by atoms with van der Waals surface area (Å²) in [6.45, 7) is 0. The van der Waals surface area contributed by atoms with Crippen molar-refractivity contribution < 1.29 is 0 Å². The number of benzene rings is 1. The Bertz CT molecular complexity index is 428. The Morgan fingerprint density at radius 1 is 1.15 bits per heavy atom. The second-order valence-corrected chi connectivity index (χ2v) is 3.33. The predicted molar refractivity (Wildman–Crippen MR) is 59.0 cm³/mol. The van der Waals surface area contributed by atoms with Crippen LogP contribution >= 0.6 is 35.6 Å². The van der Waals surface area contributed by atoms with Gasteiger partial charge < -0.3 is 0 Å². The van der Waals surface area contributed by atoms with Crippen molar-refractivity contribution in [1.82, 2.24) is 4.98 Å². The van der Waals surface area contributed by atoms with Gasteiger partial charge >= 0.3 is 0 Å². The lowest BCUT2D eigenvalue weighted by atomic mass is 10.2. The van der Waals surface area contributed by atoms with E-state index in [2.05, 4.69) is 4.98 Å². The van der Waals surface area contributed by atoms with Crippen LogP contribution in [0.2, 0.25) is 10.0 Å². The fourth-order valence-electron chi connectivity index (χ4n) is 1.13. The molecule has 0 atom stereocenters. The van der Waals surface area contributed by atoms with E-state index >= 15 is 0 Å². The first-order valence-corrected chi connectivity index (χ1v) is 4.22. The van der Waals surface area contributed by atoms with Crippen LogP contribution in [0.5, 0.6) is 0 Å². The summed E-state index contributed by atoms with van der Waals surface area (Å²) >= 11 is 11.8. The molecule has 0 saturated heterocycles. The topological polar surface area (TPSA) is 12.9 Å². The van der Waals surface area contributed by atoms with Crippen molar-refractivity contribution in [2.24, 2.45) is 0 Å². The van der Waals surface area contributed by atoms with Gasteiger partial charge in [0.05, 0.1) is 0 Å². The van der Waals surface area contributed by atoms with Crippen molar-refractivity contribution in [1.29, 1.82) is 0 Å². The molecule has 1 heterocycles. The van der Waals surface area contributed by atoms with Gasteiger partial charge in [0, 0.05) is 33.2 Å². The fourth-order valence-corrected chi connectivity index (χ4v) is 1.70. The van der Waals surface area contributed by atoms with Gasteiger partial charge in [-0.05, 0) is 18.2 Å². The Morgan fingerprint density at radius 3 is 2.69 bits per heavy atom. The molecule has 4 heteroatoms. The molecule has 13 heavy (non-hydrogen) atoms. The number of halogens is 3. The highest BCUT2D eigenvalue weighted by Gasteiger charge is 1.99. The lowest BCUT2D eigenvalue weighted by Gasteiger charge is -1.99. The van der Waals surface area contributed by atoms with Gasteiger partial charge in [-0.1, -0.05) is 23.2 Å². The third kappa shape index (κ3) is 2.05. The second-order valence-electron chi connectivity index (χ2n) is 2.48. The quantitative estimate of drug-likeness (QED) is 0.672. The summed E-state index contributed by atoms with van der Waals surface area (Å²) in [5, 5.41) is 3.26. The highest BCUT2D eigenvalue weighted by Crippen LogP contribution is 2.26. The molecule has 0 amide bonds. The minimum atomic E-state index is 0. The normalized spacial score (nSPS) is 9.69. The minimum Gasteiger partial charge on any atom is -0.264 e. The molecule has 2 aromatic rings. The first-order valence-electron chi connectivity index (χ1n) is 3.46. The molecular formula is C9H6Cl3N. The molecule has 0 saturated carbocycles. The van der Waals surface area contributed by atoms with E-state index < -0.39 is 0 Å². The summed E-state index contributed by atoms with van der Waals surface area (Å²) in [6, 6.07) is 5.44. The molecule has 1 aromatic heterocycles. The summed E-state index contributed by atoms with van der Waals surface area (Å²) in [7, 11) is 0. The average Bonchev–Trinajstić information content (AvgIpc) is 2.04. The SMILES string of the molecule is Cl.Clc1cc(Cl)c2ccncc2c1. The summed E-state index contributed by atoms with van der Waals surface area (Å²) < 4.78 is 0. The van der Waals surface area contributed by atoms with E-state index in [1.54, 1.807) is 18.5 Å². The zero-order chi connectivity index (χ0) is 8.55. The number of nitrogens with zero attached hydrogens (tertiary/aromatic N) is 1. The maximum Gasteiger partial charge on any atom is 0.0500 e. The van der Waals surface area contributed by atoms with E-state index in [1.807, 2.05) is 12.1 Å². The Balaban J connectivity index is 0.000000845. The molecule has 0 bridgehead atoms. The number of pyridine rings is 1. The van der Waals surface area contributed by atoms with Crippen molar-refractivity contribution >= 4 is 46.4 Å². The Hall–Kier alpha value is -0.500. The van der Waals surface area contributed by atoms with Gasteiger partial charge in [0.25, 0.3) is 0 Å². The molecule has 68 valence electrons. The second kappa shape index (κ2) is 4.14. The zero-order valence-corrected chi connectivity index (χ0v) is 8.83. The van der Waals surface area contributed by atoms with Crippen LogP contribution in [0.1, 0.15) is 0 Å². The molecule has 0 aliphatic carbocycles. The van der Waals surface area contributed by atoms with Crippen LogP contribution in [0.4, 0.5) is 0 Å². The zero-order valence-electron chi connectivity index (χ0n) is 6.50. The van der Waals surface area contributed by atoms with Crippen LogP contribution in [0.3, 0.4) is 0 Å². The largest absolute Gasteiger partial charge is 0.264 e. The van der Waals surface area contributed by atoms with Crippen LogP contribution in [0, 0.1) is 0 Å². The summed E-state index contributed by atoms with van der Waals surface area (Å²) in [4.78, 5) is 3.98. The molecule has 0 spiro atoms. The first kappa shape index (κ1) is 10.6. The summed E-state index contributed by atoms with van der Waals surface area (Å²) in [5.74, 6) is 0. The predicted octanol–water partition coefficient (Wildman–Crippen LogP) is 3.96. The molecule has 0 unspecified atom stereocenters. The smallest absolute Gasteiger partial charge is 0.0500 e. The van der Waals surface area contributed by atoms with Crippen molar-refractivity contribution in [3.63, 3.8) is 0 Å². The molecule has 0 aliphatic heterocycles. The number of fused-ring (bicyclic) bond motifs is 1. The van der Waals surface area contributed by atoms with Crippen molar-refractivity contribution in [3.8, 4) is 0 Å². The Kier molecular flexibility index (Phi) is 3.37. The van der Waals surface area contributed by atoms with Gasteiger partial charge in [0.2, 0.25) is 0 Å². The Labute approximate surface area is 92.1 Å².